The Labute approximate surface area is 130 Å². The maximum absolute atomic E-state index is 13.9. The first kappa shape index (κ1) is 16.8. The van der Waals surface area contributed by atoms with E-state index in [2.05, 4.69) is 4.98 Å². The predicted molar refractivity (Wildman–Crippen MR) is 76.2 cm³/mol. The Morgan fingerprint density at radius 2 is 1.91 bits per heavy atom. The van der Waals surface area contributed by atoms with Crippen LogP contribution in [0.15, 0.2) is 36.5 Å². The molecule has 23 heavy (non-hydrogen) atoms. The number of benzene rings is 1. The third-order valence-corrected chi connectivity index (χ3v) is 2.89. The third-order valence-electron chi connectivity index (χ3n) is 2.89. The van der Waals surface area contributed by atoms with E-state index in [1.165, 1.54) is 24.3 Å². The van der Waals surface area contributed by atoms with E-state index in [1.54, 1.807) is 6.92 Å². The van der Waals surface area contributed by atoms with Crippen molar-refractivity contribution < 1.29 is 27.4 Å². The number of rotatable bonds is 5. The fourth-order valence-electron chi connectivity index (χ4n) is 1.75. The van der Waals surface area contributed by atoms with Crippen molar-refractivity contribution in [3.8, 4) is 11.6 Å². The lowest BCUT2D eigenvalue weighted by atomic mass is 10.1. The average molecular weight is 325 g/mol. The zero-order chi connectivity index (χ0) is 17.0. The highest BCUT2D eigenvalue weighted by atomic mass is 19.3. The van der Waals surface area contributed by atoms with Gasteiger partial charge in [-0.2, -0.15) is 0 Å². The summed E-state index contributed by atoms with van der Waals surface area (Å²) in [7, 11) is 0. The number of aromatic nitrogens is 1. The number of esters is 1. The molecule has 2 aromatic rings. The number of ether oxygens (including phenoxy) is 2. The first-order valence-electron chi connectivity index (χ1n) is 6.80. The van der Waals surface area contributed by atoms with Gasteiger partial charge in [0.05, 0.1) is 12.2 Å². The largest absolute Gasteiger partial charge is 0.462 e. The van der Waals surface area contributed by atoms with Crippen LogP contribution in [0.1, 0.15) is 29.8 Å². The van der Waals surface area contributed by atoms with Crippen molar-refractivity contribution in [1.29, 1.82) is 0 Å². The predicted octanol–water partition coefficient (Wildman–Crippen LogP) is 4.30. The Morgan fingerprint density at radius 3 is 2.43 bits per heavy atom. The zero-order valence-electron chi connectivity index (χ0n) is 12.5. The Morgan fingerprint density at radius 1 is 1.26 bits per heavy atom. The monoisotopic (exact) mass is 325 g/mol. The number of hydrogen-bond donors (Lipinski definition) is 0. The molecule has 0 N–H and O–H groups in total. The molecule has 2 rings (SSSR count). The molecule has 0 aliphatic heterocycles. The Kier molecular flexibility index (Phi) is 4.88. The van der Waals surface area contributed by atoms with Gasteiger partial charge >= 0.3 is 5.97 Å². The molecule has 0 aliphatic rings. The van der Waals surface area contributed by atoms with Crippen LogP contribution < -0.4 is 4.74 Å². The number of carbonyl (C=O) groups excluding carboxylic acids is 1. The SMILES string of the molecule is CCOC(=O)c1cnc(Oc2ccc(C(C)(F)F)cc2)c(F)c1. The van der Waals surface area contributed by atoms with E-state index >= 15 is 0 Å². The standard InChI is InChI=1S/C16H14F3NO3/c1-3-22-15(21)10-8-13(17)14(20-9-10)23-12-6-4-11(5-7-12)16(2,18)19/h4-9H,3H2,1-2H3. The zero-order valence-corrected chi connectivity index (χ0v) is 12.5. The van der Waals surface area contributed by atoms with E-state index in [9.17, 15) is 18.0 Å². The van der Waals surface area contributed by atoms with Gasteiger partial charge in [-0.15, -0.1) is 0 Å². The summed E-state index contributed by atoms with van der Waals surface area (Å²) in [5.41, 5.74) is -0.228. The van der Waals surface area contributed by atoms with Crippen LogP contribution in [-0.2, 0) is 10.7 Å². The van der Waals surface area contributed by atoms with Gasteiger partial charge in [-0.05, 0) is 37.3 Å². The van der Waals surface area contributed by atoms with Gasteiger partial charge in [0.25, 0.3) is 11.8 Å². The topological polar surface area (TPSA) is 48.4 Å². The van der Waals surface area contributed by atoms with E-state index in [-0.39, 0.29) is 29.4 Å². The molecule has 0 spiro atoms. The minimum Gasteiger partial charge on any atom is -0.462 e. The molecular formula is C16H14F3NO3. The molecule has 0 fully saturated rings. The molecule has 0 unspecified atom stereocenters. The summed E-state index contributed by atoms with van der Waals surface area (Å²) in [6, 6.07) is 5.87. The lowest BCUT2D eigenvalue weighted by molar-refractivity contribution is 0.0174. The number of nitrogens with zero attached hydrogens (tertiary/aromatic N) is 1. The molecule has 4 nitrogen and oxygen atoms in total. The fourth-order valence-corrected chi connectivity index (χ4v) is 1.75. The second-order valence-corrected chi connectivity index (χ2v) is 4.75. The van der Waals surface area contributed by atoms with Crippen molar-refractivity contribution in [2.75, 3.05) is 6.61 Å². The van der Waals surface area contributed by atoms with E-state index in [4.69, 9.17) is 9.47 Å². The van der Waals surface area contributed by atoms with Crippen molar-refractivity contribution in [2.45, 2.75) is 19.8 Å². The number of carbonyl (C=O) groups is 1. The highest BCUT2D eigenvalue weighted by Crippen LogP contribution is 2.29. The first-order chi connectivity index (χ1) is 10.8. The van der Waals surface area contributed by atoms with Gasteiger partial charge in [0.1, 0.15) is 5.75 Å². The van der Waals surface area contributed by atoms with E-state index < -0.39 is 17.7 Å². The Balaban J connectivity index is 2.16. The summed E-state index contributed by atoms with van der Waals surface area (Å²) in [6.07, 6.45) is 1.12. The number of pyridine rings is 1. The van der Waals surface area contributed by atoms with Crippen molar-refractivity contribution in [2.24, 2.45) is 0 Å². The van der Waals surface area contributed by atoms with Crippen LogP contribution in [0, 0.1) is 5.82 Å². The highest BCUT2D eigenvalue weighted by Gasteiger charge is 2.24. The summed E-state index contributed by atoms with van der Waals surface area (Å²) in [6.45, 7) is 2.56. The Bertz CT molecular complexity index is 697. The molecule has 0 radical (unpaired) electrons. The molecule has 1 heterocycles. The van der Waals surface area contributed by atoms with Gasteiger partial charge in [0, 0.05) is 18.7 Å². The van der Waals surface area contributed by atoms with Gasteiger partial charge in [-0.25, -0.2) is 22.9 Å². The van der Waals surface area contributed by atoms with Crippen LogP contribution in [0.2, 0.25) is 0 Å². The highest BCUT2D eigenvalue weighted by molar-refractivity contribution is 5.89. The molecule has 7 heteroatoms. The van der Waals surface area contributed by atoms with Crippen LogP contribution in [0.5, 0.6) is 11.6 Å². The summed E-state index contributed by atoms with van der Waals surface area (Å²) >= 11 is 0. The van der Waals surface area contributed by atoms with Gasteiger partial charge in [0.2, 0.25) is 0 Å². The summed E-state index contributed by atoms with van der Waals surface area (Å²) in [4.78, 5) is 15.2. The van der Waals surface area contributed by atoms with Gasteiger partial charge in [-0.3, -0.25) is 0 Å². The Hall–Kier alpha value is -2.57. The summed E-state index contributed by atoms with van der Waals surface area (Å²) < 4.78 is 50.0. The van der Waals surface area contributed by atoms with Crippen LogP contribution in [0.3, 0.4) is 0 Å². The summed E-state index contributed by atoms with van der Waals surface area (Å²) in [5, 5.41) is 0. The molecular weight excluding hydrogens is 311 g/mol. The van der Waals surface area contributed by atoms with Gasteiger partial charge in [0.15, 0.2) is 5.82 Å². The molecule has 1 aromatic heterocycles. The molecule has 0 amide bonds. The summed E-state index contributed by atoms with van der Waals surface area (Å²) in [5.74, 6) is -4.74. The van der Waals surface area contributed by atoms with E-state index in [0.717, 1.165) is 19.2 Å². The van der Waals surface area contributed by atoms with Crippen molar-refractivity contribution in [1.82, 2.24) is 4.98 Å². The van der Waals surface area contributed by atoms with E-state index in [0.29, 0.717) is 0 Å². The van der Waals surface area contributed by atoms with Gasteiger partial charge in [-0.1, -0.05) is 0 Å². The first-order valence-corrected chi connectivity index (χ1v) is 6.80. The molecule has 1 aromatic carbocycles. The van der Waals surface area contributed by atoms with Crippen LogP contribution in [-0.4, -0.2) is 17.6 Å². The number of hydrogen-bond acceptors (Lipinski definition) is 4. The quantitative estimate of drug-likeness (QED) is 0.769. The molecule has 122 valence electrons. The second kappa shape index (κ2) is 6.68. The van der Waals surface area contributed by atoms with Crippen molar-refractivity contribution in [3.63, 3.8) is 0 Å². The van der Waals surface area contributed by atoms with Crippen molar-refractivity contribution >= 4 is 5.97 Å². The molecule has 0 saturated heterocycles. The minimum atomic E-state index is -2.97. The van der Waals surface area contributed by atoms with Gasteiger partial charge < -0.3 is 9.47 Å². The average Bonchev–Trinajstić information content (AvgIpc) is 2.49. The molecule has 0 bridgehead atoms. The van der Waals surface area contributed by atoms with Crippen LogP contribution >= 0.6 is 0 Å². The van der Waals surface area contributed by atoms with Crippen LogP contribution in [0.4, 0.5) is 13.2 Å². The second-order valence-electron chi connectivity index (χ2n) is 4.75. The third kappa shape index (κ3) is 4.21. The fraction of sp³-hybridized carbons (Fsp3) is 0.250. The lowest BCUT2D eigenvalue weighted by Crippen LogP contribution is -2.07. The lowest BCUT2D eigenvalue weighted by Gasteiger charge is -2.11. The van der Waals surface area contributed by atoms with E-state index in [1.807, 2.05) is 0 Å². The number of halogens is 3. The minimum absolute atomic E-state index is 0.0438. The molecule has 0 aliphatic carbocycles. The maximum atomic E-state index is 13.9. The molecule has 0 saturated carbocycles. The molecule has 0 atom stereocenters. The number of alkyl halides is 2. The normalized spacial score (nSPS) is 11.2. The van der Waals surface area contributed by atoms with Crippen LogP contribution in [0.25, 0.3) is 0 Å². The smallest absolute Gasteiger partial charge is 0.339 e. The van der Waals surface area contributed by atoms with Crippen molar-refractivity contribution in [3.05, 3.63) is 53.5 Å². The maximum Gasteiger partial charge on any atom is 0.339 e.